The molecule has 0 unspecified atom stereocenters. The van der Waals surface area contributed by atoms with Gasteiger partial charge in [-0.1, -0.05) is 0 Å². The fourth-order valence-electron chi connectivity index (χ4n) is 1.79. The summed E-state index contributed by atoms with van der Waals surface area (Å²) in [6, 6.07) is 1.92. The Morgan fingerprint density at radius 3 is 2.79 bits per heavy atom. The highest BCUT2D eigenvalue weighted by Gasteiger charge is 2.24. The van der Waals surface area contributed by atoms with Crippen LogP contribution in [0.1, 0.15) is 43.2 Å². The maximum Gasteiger partial charge on any atom is 0.355 e. The van der Waals surface area contributed by atoms with Crippen molar-refractivity contribution < 1.29 is 14.3 Å². The van der Waals surface area contributed by atoms with Crippen LogP contribution in [-0.2, 0) is 9.53 Å². The molecule has 0 aromatic carbocycles. The molecule has 1 amide bonds. The summed E-state index contributed by atoms with van der Waals surface area (Å²) in [5.74, 6) is -0.789. The third-order valence-electron chi connectivity index (χ3n) is 2.91. The van der Waals surface area contributed by atoms with Gasteiger partial charge in [0, 0.05) is 18.3 Å². The van der Waals surface area contributed by atoms with Gasteiger partial charge in [-0.3, -0.25) is 4.79 Å². The zero-order valence-corrected chi connectivity index (χ0v) is 11.2. The molecule has 0 saturated heterocycles. The summed E-state index contributed by atoms with van der Waals surface area (Å²) in [5.41, 5.74) is 6.55. The summed E-state index contributed by atoms with van der Waals surface area (Å²) < 4.78 is 6.73. The zero-order chi connectivity index (χ0) is 14.0. The van der Waals surface area contributed by atoms with Crippen molar-refractivity contribution in [3.63, 3.8) is 0 Å². The molecule has 0 atom stereocenters. The molecular formula is C13H19N3O3. The monoisotopic (exact) mass is 265 g/mol. The Morgan fingerprint density at radius 1 is 1.53 bits per heavy atom. The van der Waals surface area contributed by atoms with Gasteiger partial charge in [0.1, 0.15) is 5.69 Å². The first-order valence-electron chi connectivity index (χ1n) is 6.41. The molecule has 1 heterocycles. The molecule has 1 saturated carbocycles. The van der Waals surface area contributed by atoms with Gasteiger partial charge in [-0.25, -0.2) is 4.79 Å². The molecule has 1 aliphatic rings. The van der Waals surface area contributed by atoms with Crippen molar-refractivity contribution in [1.82, 2.24) is 9.88 Å². The highest BCUT2D eigenvalue weighted by Crippen LogP contribution is 2.19. The number of nitrogen functional groups attached to an aromatic ring is 1. The van der Waals surface area contributed by atoms with Crippen molar-refractivity contribution in [1.29, 1.82) is 0 Å². The third-order valence-corrected chi connectivity index (χ3v) is 2.91. The van der Waals surface area contributed by atoms with Gasteiger partial charge in [-0.2, -0.15) is 0 Å². The fourth-order valence-corrected chi connectivity index (χ4v) is 1.79. The van der Waals surface area contributed by atoms with E-state index < -0.39 is 5.97 Å². The topological polar surface area (TPSA) is 86.3 Å². The number of amides is 1. The number of nitrogens with one attached hydrogen (secondary N) is 1. The van der Waals surface area contributed by atoms with Gasteiger partial charge in [0.05, 0.1) is 5.69 Å². The molecule has 6 nitrogen and oxygen atoms in total. The van der Waals surface area contributed by atoms with Crippen LogP contribution in [0.25, 0.3) is 0 Å². The number of carbonyl (C=O) groups is 2. The lowest BCUT2D eigenvalue weighted by Crippen LogP contribution is -2.30. The second kappa shape index (κ2) is 5.34. The molecule has 3 N–H and O–H groups in total. The molecular weight excluding hydrogens is 246 g/mol. The van der Waals surface area contributed by atoms with E-state index in [2.05, 4.69) is 5.32 Å². The summed E-state index contributed by atoms with van der Waals surface area (Å²) in [6.45, 7) is 3.63. The van der Waals surface area contributed by atoms with Crippen molar-refractivity contribution in [2.24, 2.45) is 0 Å². The van der Waals surface area contributed by atoms with E-state index in [0.717, 1.165) is 12.8 Å². The quantitative estimate of drug-likeness (QED) is 0.780. The van der Waals surface area contributed by atoms with E-state index >= 15 is 0 Å². The Hall–Kier alpha value is -1.98. The van der Waals surface area contributed by atoms with Gasteiger partial charge in [-0.05, 0) is 32.8 Å². The zero-order valence-electron chi connectivity index (χ0n) is 11.2. The predicted octanol–water partition coefficient (Wildman–Crippen LogP) is 1.09. The fraction of sp³-hybridized carbons (Fsp3) is 0.538. The van der Waals surface area contributed by atoms with Gasteiger partial charge >= 0.3 is 5.97 Å². The third kappa shape index (κ3) is 3.49. The number of hydrogen-bond donors (Lipinski definition) is 2. The summed E-state index contributed by atoms with van der Waals surface area (Å²) in [4.78, 5) is 23.3. The number of nitrogens with two attached hydrogens (primary N) is 1. The molecule has 1 fully saturated rings. The molecule has 19 heavy (non-hydrogen) atoms. The van der Waals surface area contributed by atoms with Crippen LogP contribution in [0.5, 0.6) is 0 Å². The van der Waals surface area contributed by atoms with Gasteiger partial charge in [0.15, 0.2) is 6.61 Å². The Bertz CT molecular complexity index is 489. The lowest BCUT2D eigenvalue weighted by atomic mass is 10.3. The number of esters is 1. The van der Waals surface area contributed by atoms with Crippen LogP contribution in [0.4, 0.5) is 5.69 Å². The van der Waals surface area contributed by atoms with E-state index in [-0.39, 0.29) is 24.6 Å². The smallest absolute Gasteiger partial charge is 0.355 e. The van der Waals surface area contributed by atoms with Crippen LogP contribution in [0.15, 0.2) is 12.3 Å². The lowest BCUT2D eigenvalue weighted by molar-refractivity contribution is -0.124. The SMILES string of the molecule is CC(C)n1cc(N)cc1C(=O)OCC(=O)NC1CC1. The lowest BCUT2D eigenvalue weighted by Gasteiger charge is -2.12. The maximum atomic E-state index is 11.9. The van der Waals surface area contributed by atoms with Crippen LogP contribution in [0, 0.1) is 0 Å². The van der Waals surface area contributed by atoms with E-state index in [4.69, 9.17) is 10.5 Å². The second-order valence-electron chi connectivity index (χ2n) is 5.08. The van der Waals surface area contributed by atoms with E-state index in [9.17, 15) is 9.59 Å². The number of hydrogen-bond acceptors (Lipinski definition) is 4. The first-order valence-corrected chi connectivity index (χ1v) is 6.41. The van der Waals surface area contributed by atoms with Crippen molar-refractivity contribution in [3.05, 3.63) is 18.0 Å². The Balaban J connectivity index is 1.93. The molecule has 0 aliphatic heterocycles. The van der Waals surface area contributed by atoms with E-state index in [0.29, 0.717) is 11.4 Å². The van der Waals surface area contributed by atoms with Crippen LogP contribution in [-0.4, -0.2) is 29.1 Å². The number of nitrogens with zero attached hydrogens (tertiary/aromatic N) is 1. The highest BCUT2D eigenvalue weighted by atomic mass is 16.5. The Kier molecular flexibility index (Phi) is 3.78. The van der Waals surface area contributed by atoms with Crippen molar-refractivity contribution >= 4 is 17.6 Å². The number of anilines is 1. The number of carbonyl (C=O) groups excluding carboxylic acids is 2. The summed E-state index contributed by atoms with van der Waals surface area (Å²) in [6.07, 6.45) is 3.70. The second-order valence-corrected chi connectivity index (χ2v) is 5.08. The van der Waals surface area contributed by atoms with Gasteiger partial charge in [0.25, 0.3) is 5.91 Å². The molecule has 0 radical (unpaired) electrons. The van der Waals surface area contributed by atoms with Crippen LogP contribution in [0.3, 0.4) is 0 Å². The van der Waals surface area contributed by atoms with E-state index in [1.54, 1.807) is 16.8 Å². The summed E-state index contributed by atoms with van der Waals surface area (Å²) in [5, 5.41) is 2.76. The van der Waals surface area contributed by atoms with Crippen LogP contribution in [0.2, 0.25) is 0 Å². The Morgan fingerprint density at radius 2 is 2.21 bits per heavy atom. The maximum absolute atomic E-state index is 11.9. The summed E-state index contributed by atoms with van der Waals surface area (Å²) >= 11 is 0. The minimum atomic E-state index is -0.531. The molecule has 2 rings (SSSR count). The molecule has 0 bridgehead atoms. The molecule has 104 valence electrons. The average molecular weight is 265 g/mol. The molecule has 0 spiro atoms. The van der Waals surface area contributed by atoms with Gasteiger partial charge in [-0.15, -0.1) is 0 Å². The minimum Gasteiger partial charge on any atom is -0.451 e. The van der Waals surface area contributed by atoms with Crippen LogP contribution >= 0.6 is 0 Å². The van der Waals surface area contributed by atoms with Crippen molar-refractivity contribution in [3.8, 4) is 0 Å². The molecule has 1 aliphatic carbocycles. The average Bonchev–Trinajstić information content (AvgIpc) is 3.05. The van der Waals surface area contributed by atoms with Crippen molar-refractivity contribution in [2.45, 2.75) is 38.8 Å². The van der Waals surface area contributed by atoms with Crippen molar-refractivity contribution in [2.75, 3.05) is 12.3 Å². The van der Waals surface area contributed by atoms with Gasteiger partial charge in [0.2, 0.25) is 0 Å². The normalized spacial score (nSPS) is 14.5. The van der Waals surface area contributed by atoms with Crippen LogP contribution < -0.4 is 11.1 Å². The van der Waals surface area contributed by atoms with Gasteiger partial charge < -0.3 is 20.4 Å². The number of rotatable bonds is 5. The molecule has 1 aromatic rings. The summed E-state index contributed by atoms with van der Waals surface area (Å²) in [7, 11) is 0. The number of ether oxygens (including phenoxy) is 1. The number of aromatic nitrogens is 1. The first-order chi connectivity index (χ1) is 8.97. The minimum absolute atomic E-state index is 0.0974. The van der Waals surface area contributed by atoms with E-state index in [1.165, 1.54) is 0 Å². The molecule has 6 heteroatoms. The first kappa shape index (κ1) is 13.5. The predicted molar refractivity (Wildman–Crippen MR) is 70.7 cm³/mol. The Labute approximate surface area is 111 Å². The van der Waals surface area contributed by atoms with E-state index in [1.807, 2.05) is 13.8 Å². The largest absolute Gasteiger partial charge is 0.451 e. The standard InChI is InChI=1S/C13H19N3O3/c1-8(2)16-6-9(14)5-11(16)13(18)19-7-12(17)15-10-3-4-10/h5-6,8,10H,3-4,7,14H2,1-2H3,(H,15,17). The molecule has 1 aromatic heterocycles. The highest BCUT2D eigenvalue weighted by molar-refractivity contribution is 5.91.